The Bertz CT molecular complexity index is 294. The molecule has 4 heteroatoms. The van der Waals surface area contributed by atoms with E-state index in [4.69, 9.17) is 18.0 Å². The van der Waals surface area contributed by atoms with E-state index in [0.29, 0.717) is 16.8 Å². The molecule has 0 saturated carbocycles. The van der Waals surface area contributed by atoms with Crippen molar-refractivity contribution in [2.24, 2.45) is 29.4 Å². The molecule has 17 heavy (non-hydrogen) atoms. The van der Waals surface area contributed by atoms with Gasteiger partial charge in [-0.25, -0.2) is 0 Å². The first-order chi connectivity index (χ1) is 7.82. The number of hydrogen-bond acceptors (Lipinski definition) is 2. The highest BCUT2D eigenvalue weighted by atomic mass is 32.1. The fraction of sp³-hybridized carbons (Fsp3) is 0.846. The van der Waals surface area contributed by atoms with Gasteiger partial charge in [-0.1, -0.05) is 39.9 Å². The van der Waals surface area contributed by atoms with Crippen LogP contribution in [0.1, 0.15) is 34.1 Å². The molecular weight excluding hydrogens is 232 g/mol. The van der Waals surface area contributed by atoms with Crippen LogP contribution in [0.4, 0.5) is 0 Å². The average molecular weight is 256 g/mol. The Balaban J connectivity index is 2.76. The van der Waals surface area contributed by atoms with E-state index in [1.54, 1.807) is 0 Å². The van der Waals surface area contributed by atoms with Gasteiger partial charge in [-0.15, -0.1) is 0 Å². The summed E-state index contributed by atoms with van der Waals surface area (Å²) in [6.45, 7) is 10.1. The molecule has 98 valence electrons. The van der Waals surface area contributed by atoms with E-state index in [9.17, 15) is 4.79 Å². The second kappa shape index (κ2) is 5.80. The summed E-state index contributed by atoms with van der Waals surface area (Å²) in [6, 6.07) is 0. The van der Waals surface area contributed by atoms with E-state index in [0.717, 1.165) is 13.1 Å². The largest absolute Gasteiger partial charge is 0.393 e. The lowest BCUT2D eigenvalue weighted by Gasteiger charge is -2.37. The molecule has 1 amide bonds. The fourth-order valence-corrected chi connectivity index (χ4v) is 3.15. The van der Waals surface area contributed by atoms with Gasteiger partial charge in [0, 0.05) is 13.1 Å². The van der Waals surface area contributed by atoms with Gasteiger partial charge in [-0.3, -0.25) is 4.79 Å². The number of piperidine rings is 1. The van der Waals surface area contributed by atoms with Gasteiger partial charge in [0.15, 0.2) is 0 Å². The van der Waals surface area contributed by atoms with Crippen molar-refractivity contribution < 1.29 is 4.79 Å². The zero-order chi connectivity index (χ0) is 13.2. The molecule has 0 aromatic rings. The number of nitrogens with zero attached hydrogens (tertiary/aromatic N) is 1. The van der Waals surface area contributed by atoms with Crippen molar-refractivity contribution in [2.45, 2.75) is 34.1 Å². The van der Waals surface area contributed by atoms with E-state index < -0.39 is 0 Å². The van der Waals surface area contributed by atoms with Gasteiger partial charge in [0.05, 0.1) is 10.9 Å². The summed E-state index contributed by atoms with van der Waals surface area (Å²) in [5.41, 5.74) is 5.70. The molecule has 0 bridgehead atoms. The smallest absolute Gasteiger partial charge is 0.232 e. The highest BCUT2D eigenvalue weighted by Crippen LogP contribution is 2.24. The third-order valence-electron chi connectivity index (χ3n) is 3.42. The first-order valence-electron chi connectivity index (χ1n) is 6.41. The van der Waals surface area contributed by atoms with Crippen LogP contribution in [-0.2, 0) is 4.79 Å². The second-order valence-corrected chi connectivity index (χ2v) is 6.28. The second-order valence-electron chi connectivity index (χ2n) is 5.81. The van der Waals surface area contributed by atoms with E-state index in [2.05, 4.69) is 13.8 Å². The molecule has 0 spiro atoms. The zero-order valence-corrected chi connectivity index (χ0v) is 12.1. The molecular formula is C13H24N2OS. The molecule has 1 heterocycles. The maximum atomic E-state index is 12.4. The number of rotatable bonds is 3. The van der Waals surface area contributed by atoms with Gasteiger partial charge in [-0.2, -0.15) is 0 Å². The highest BCUT2D eigenvalue weighted by Gasteiger charge is 2.33. The van der Waals surface area contributed by atoms with Crippen LogP contribution in [-0.4, -0.2) is 28.9 Å². The molecule has 1 aliphatic heterocycles. The van der Waals surface area contributed by atoms with E-state index in [1.807, 2.05) is 18.7 Å². The lowest BCUT2D eigenvalue weighted by Crippen LogP contribution is -2.49. The van der Waals surface area contributed by atoms with Crippen molar-refractivity contribution >= 4 is 23.1 Å². The lowest BCUT2D eigenvalue weighted by molar-refractivity contribution is -0.137. The van der Waals surface area contributed by atoms with Gasteiger partial charge in [0.25, 0.3) is 0 Å². The van der Waals surface area contributed by atoms with E-state index in [-0.39, 0.29) is 17.7 Å². The topological polar surface area (TPSA) is 46.3 Å². The van der Waals surface area contributed by atoms with Crippen LogP contribution in [0.2, 0.25) is 0 Å². The molecule has 1 rings (SSSR count). The van der Waals surface area contributed by atoms with Crippen molar-refractivity contribution in [1.82, 2.24) is 4.90 Å². The third kappa shape index (κ3) is 3.66. The van der Waals surface area contributed by atoms with Crippen molar-refractivity contribution in [2.75, 3.05) is 13.1 Å². The third-order valence-corrected chi connectivity index (χ3v) is 3.67. The summed E-state index contributed by atoms with van der Waals surface area (Å²) in [5.74, 6) is 1.13. The number of nitrogens with two attached hydrogens (primary N) is 1. The summed E-state index contributed by atoms with van der Waals surface area (Å²) >= 11 is 5.03. The van der Waals surface area contributed by atoms with Crippen molar-refractivity contribution in [3.63, 3.8) is 0 Å². The lowest BCUT2D eigenvalue weighted by atomic mass is 9.88. The summed E-state index contributed by atoms with van der Waals surface area (Å²) < 4.78 is 0. The van der Waals surface area contributed by atoms with Crippen molar-refractivity contribution in [1.29, 1.82) is 0 Å². The number of carbonyl (C=O) groups is 1. The monoisotopic (exact) mass is 256 g/mol. The summed E-state index contributed by atoms with van der Waals surface area (Å²) in [6.07, 6.45) is 1.20. The quantitative estimate of drug-likeness (QED) is 0.786. The van der Waals surface area contributed by atoms with Crippen LogP contribution in [0, 0.1) is 23.7 Å². The fourth-order valence-electron chi connectivity index (χ4n) is 2.77. The Morgan fingerprint density at radius 2 is 1.76 bits per heavy atom. The normalized spacial score (nSPS) is 27.0. The molecule has 0 radical (unpaired) electrons. The molecule has 1 saturated heterocycles. The highest BCUT2D eigenvalue weighted by molar-refractivity contribution is 7.80. The van der Waals surface area contributed by atoms with E-state index >= 15 is 0 Å². The van der Waals surface area contributed by atoms with Gasteiger partial charge in [0.2, 0.25) is 5.91 Å². The maximum absolute atomic E-state index is 12.4. The van der Waals surface area contributed by atoms with Crippen LogP contribution in [0.5, 0.6) is 0 Å². The first kappa shape index (κ1) is 14.4. The SMILES string of the molecule is CC1CC(C)CN(C(=O)C(C(N)=S)C(C)C)C1. The van der Waals surface area contributed by atoms with Crippen LogP contribution >= 0.6 is 12.2 Å². The summed E-state index contributed by atoms with van der Waals surface area (Å²) in [4.78, 5) is 14.7. The Morgan fingerprint density at radius 3 is 2.12 bits per heavy atom. The minimum atomic E-state index is -0.303. The Morgan fingerprint density at radius 1 is 1.29 bits per heavy atom. The van der Waals surface area contributed by atoms with Gasteiger partial charge in [0.1, 0.15) is 0 Å². The molecule has 3 nitrogen and oxygen atoms in total. The average Bonchev–Trinajstić information content (AvgIpc) is 2.14. The molecule has 0 aliphatic carbocycles. The number of hydrogen-bond donors (Lipinski definition) is 1. The molecule has 2 N–H and O–H groups in total. The van der Waals surface area contributed by atoms with Gasteiger partial charge < -0.3 is 10.6 Å². The molecule has 3 unspecified atom stereocenters. The van der Waals surface area contributed by atoms with Crippen LogP contribution in [0.3, 0.4) is 0 Å². The van der Waals surface area contributed by atoms with E-state index in [1.165, 1.54) is 6.42 Å². The van der Waals surface area contributed by atoms with Gasteiger partial charge in [-0.05, 0) is 24.2 Å². The predicted molar refractivity (Wildman–Crippen MR) is 74.6 cm³/mol. The minimum Gasteiger partial charge on any atom is -0.393 e. The summed E-state index contributed by atoms with van der Waals surface area (Å²) in [7, 11) is 0. The minimum absolute atomic E-state index is 0.117. The standard InChI is InChI=1S/C13H24N2OS/c1-8(2)11(12(14)17)13(16)15-6-9(3)5-10(4)7-15/h8-11H,5-7H2,1-4H3,(H2,14,17). The van der Waals surface area contributed by atoms with Crippen LogP contribution < -0.4 is 5.73 Å². The van der Waals surface area contributed by atoms with Crippen LogP contribution in [0.25, 0.3) is 0 Å². The Labute approximate surface area is 110 Å². The molecule has 1 aliphatic rings. The zero-order valence-electron chi connectivity index (χ0n) is 11.3. The van der Waals surface area contributed by atoms with Crippen molar-refractivity contribution in [3.05, 3.63) is 0 Å². The Kier molecular flexibility index (Phi) is 4.92. The van der Waals surface area contributed by atoms with Crippen molar-refractivity contribution in [3.8, 4) is 0 Å². The molecule has 3 atom stereocenters. The number of amides is 1. The number of likely N-dealkylation sites (tertiary alicyclic amines) is 1. The van der Waals surface area contributed by atoms with Gasteiger partial charge >= 0.3 is 0 Å². The number of thiocarbonyl (C=S) groups is 1. The van der Waals surface area contributed by atoms with Crippen LogP contribution in [0.15, 0.2) is 0 Å². The molecule has 0 aromatic heterocycles. The first-order valence-corrected chi connectivity index (χ1v) is 6.81. The maximum Gasteiger partial charge on any atom is 0.232 e. The predicted octanol–water partition coefficient (Wildman–Crippen LogP) is 2.05. The Hall–Kier alpha value is -0.640. The summed E-state index contributed by atoms with van der Waals surface area (Å²) in [5, 5.41) is 0. The molecule has 1 fully saturated rings. The molecule has 0 aromatic carbocycles. The number of carbonyl (C=O) groups excluding carboxylic acids is 1.